The Labute approximate surface area is 158 Å². The highest BCUT2D eigenvalue weighted by molar-refractivity contribution is 5.84. The molecule has 2 N–H and O–H groups in total. The third-order valence-corrected chi connectivity index (χ3v) is 3.32. The fourth-order valence-corrected chi connectivity index (χ4v) is 1.86. The van der Waals surface area contributed by atoms with Gasteiger partial charge in [0.05, 0.1) is 17.7 Å². The molecule has 0 saturated carbocycles. The van der Waals surface area contributed by atoms with Gasteiger partial charge in [0.25, 0.3) is 0 Å². The number of halogens is 1. The summed E-state index contributed by atoms with van der Waals surface area (Å²) in [7, 11) is 0. The number of hydrogen-bond acceptors (Lipinski definition) is 5. The van der Waals surface area contributed by atoms with Gasteiger partial charge in [0.2, 0.25) is 6.73 Å². The zero-order valence-corrected chi connectivity index (χ0v) is 15.5. The van der Waals surface area contributed by atoms with Crippen LogP contribution in [0, 0.1) is 5.92 Å². The molecule has 8 nitrogen and oxygen atoms in total. The Morgan fingerprint density at radius 2 is 1.77 bits per heavy atom. The van der Waals surface area contributed by atoms with Crippen LogP contribution in [0.1, 0.15) is 13.8 Å². The number of aliphatic hydroxyl groups is 2. The van der Waals surface area contributed by atoms with Crippen molar-refractivity contribution < 1.29 is 27.2 Å². The van der Waals surface area contributed by atoms with E-state index in [1.54, 1.807) is 29.1 Å². The maximum absolute atomic E-state index is 9.01. The lowest BCUT2D eigenvalue weighted by Gasteiger charge is -2.02. The largest absolute Gasteiger partial charge is 1.00 e. The standard InChI is InChI=1S/C17H23N6O2.ClH/c1-14(2)17(21-19-16-5-9-23(13-25)10-6-16)20-18-15-3-7-22(8-4-15)11-12-24;/h3-10,14,24-25H,11-13H2,1-2H3;1H/q+1;/p-1. The molecule has 0 unspecified atom stereocenters. The first-order valence-corrected chi connectivity index (χ1v) is 8.02. The molecule has 0 aliphatic rings. The summed E-state index contributed by atoms with van der Waals surface area (Å²) in [6.07, 6.45) is 7.11. The van der Waals surface area contributed by atoms with Crippen LogP contribution in [0.15, 0.2) is 69.5 Å². The van der Waals surface area contributed by atoms with Crippen molar-refractivity contribution >= 4 is 11.5 Å². The number of aliphatic hydroxyl groups excluding tert-OH is 2. The van der Waals surface area contributed by atoms with E-state index < -0.39 is 0 Å². The first kappa shape index (κ1) is 21.6. The fourth-order valence-electron chi connectivity index (χ4n) is 1.86. The molecule has 2 rings (SSSR count). The van der Waals surface area contributed by atoms with Gasteiger partial charge >= 0.3 is 0 Å². The molecular formula is C17H23ClN6O2. The zero-order valence-electron chi connectivity index (χ0n) is 14.8. The first-order valence-electron chi connectivity index (χ1n) is 8.02. The molecule has 0 spiro atoms. The van der Waals surface area contributed by atoms with Gasteiger partial charge in [-0.3, -0.25) is 0 Å². The number of azo groups is 1. The molecule has 0 aliphatic carbocycles. The molecule has 140 valence electrons. The minimum absolute atomic E-state index is 0. The second kappa shape index (κ2) is 11.2. The number of amidine groups is 1. The highest BCUT2D eigenvalue weighted by Crippen LogP contribution is 2.10. The summed E-state index contributed by atoms with van der Waals surface area (Å²) in [5.41, 5.74) is 0.669. The Bertz CT molecular complexity index is 779. The zero-order chi connectivity index (χ0) is 18.1. The van der Waals surface area contributed by atoms with Crippen molar-refractivity contribution in [1.29, 1.82) is 0 Å². The molecule has 2 heterocycles. The normalized spacial score (nSPS) is 11.7. The first-order chi connectivity index (χ1) is 12.1. The molecule has 9 heteroatoms. The summed E-state index contributed by atoms with van der Waals surface area (Å²) in [6, 6.07) is 7.15. The van der Waals surface area contributed by atoms with E-state index in [-0.39, 0.29) is 31.7 Å². The van der Waals surface area contributed by atoms with E-state index in [2.05, 4.69) is 20.4 Å². The minimum Gasteiger partial charge on any atom is -1.00 e. The molecule has 0 radical (unpaired) electrons. The molecule has 2 aromatic rings. The quantitative estimate of drug-likeness (QED) is 0.207. The van der Waals surface area contributed by atoms with Gasteiger partial charge in [-0.25, -0.2) is 0 Å². The third-order valence-electron chi connectivity index (χ3n) is 3.32. The average Bonchev–Trinajstić information content (AvgIpc) is 2.63. The summed E-state index contributed by atoms with van der Waals surface area (Å²) in [6.45, 7) is 4.50. The summed E-state index contributed by atoms with van der Waals surface area (Å²) >= 11 is 0. The highest BCUT2D eigenvalue weighted by atomic mass is 35.5. The van der Waals surface area contributed by atoms with Crippen molar-refractivity contribution in [3.8, 4) is 0 Å². The van der Waals surface area contributed by atoms with Crippen LogP contribution in [0.5, 0.6) is 0 Å². The van der Waals surface area contributed by atoms with E-state index in [0.29, 0.717) is 23.4 Å². The summed E-state index contributed by atoms with van der Waals surface area (Å²) in [4.78, 5) is 0. The number of hydrogen-bond donors (Lipinski definition) is 2. The van der Waals surface area contributed by atoms with Gasteiger partial charge < -0.3 is 27.2 Å². The minimum atomic E-state index is -0.0790. The molecule has 2 aromatic heterocycles. The molecular weight excluding hydrogens is 356 g/mol. The predicted octanol–water partition coefficient (Wildman–Crippen LogP) is -1.62. The van der Waals surface area contributed by atoms with Crippen LogP contribution in [-0.2, 0) is 13.3 Å². The van der Waals surface area contributed by atoms with Crippen molar-refractivity contribution in [2.45, 2.75) is 27.1 Å². The summed E-state index contributed by atoms with van der Waals surface area (Å²) in [5.74, 6) is 0.590. The Kier molecular flexibility index (Phi) is 9.35. The van der Waals surface area contributed by atoms with Crippen LogP contribution in [-0.4, -0.2) is 27.2 Å². The molecule has 0 aromatic carbocycles. The van der Waals surface area contributed by atoms with Crippen molar-refractivity contribution in [3.05, 3.63) is 54.4 Å². The SMILES string of the molecule is CC(C)C(N=Nc1cc[n+](CO)cc1)=NN=c1ccn(CCO)cc1.[Cl-]. The van der Waals surface area contributed by atoms with Gasteiger partial charge in [-0.15, -0.1) is 20.4 Å². The predicted molar refractivity (Wildman–Crippen MR) is 92.7 cm³/mol. The molecule has 0 bridgehead atoms. The topological polar surface area (TPSA) is 98.7 Å². The Morgan fingerprint density at radius 3 is 2.31 bits per heavy atom. The fraction of sp³-hybridized carbons (Fsp3) is 0.353. The maximum atomic E-state index is 9.01. The van der Waals surface area contributed by atoms with Crippen molar-refractivity contribution in [2.24, 2.45) is 26.3 Å². The third kappa shape index (κ3) is 6.83. The van der Waals surface area contributed by atoms with Crippen LogP contribution in [0.2, 0.25) is 0 Å². The van der Waals surface area contributed by atoms with Gasteiger partial charge in [-0.2, -0.15) is 4.57 Å². The van der Waals surface area contributed by atoms with Crippen molar-refractivity contribution in [1.82, 2.24) is 4.57 Å². The van der Waals surface area contributed by atoms with E-state index in [1.807, 2.05) is 42.9 Å². The van der Waals surface area contributed by atoms with Gasteiger partial charge in [-0.05, 0) is 12.1 Å². The lowest BCUT2D eigenvalue weighted by atomic mass is 10.2. The average molecular weight is 379 g/mol. The highest BCUT2D eigenvalue weighted by Gasteiger charge is 2.04. The molecule has 0 saturated heterocycles. The molecule has 0 atom stereocenters. The molecule has 0 fully saturated rings. The summed E-state index contributed by atoms with van der Waals surface area (Å²) < 4.78 is 3.48. The van der Waals surface area contributed by atoms with Crippen LogP contribution in [0.3, 0.4) is 0 Å². The van der Waals surface area contributed by atoms with Crippen molar-refractivity contribution in [3.63, 3.8) is 0 Å². The lowest BCUT2D eigenvalue weighted by molar-refractivity contribution is -0.729. The Morgan fingerprint density at radius 1 is 1.12 bits per heavy atom. The lowest BCUT2D eigenvalue weighted by Crippen LogP contribution is -3.00. The second-order valence-corrected chi connectivity index (χ2v) is 5.64. The maximum Gasteiger partial charge on any atom is 0.250 e. The van der Waals surface area contributed by atoms with Gasteiger partial charge in [0.15, 0.2) is 18.2 Å². The number of aromatic nitrogens is 2. The number of rotatable bonds is 6. The molecule has 0 amide bonds. The van der Waals surface area contributed by atoms with Crippen LogP contribution < -0.4 is 22.3 Å². The van der Waals surface area contributed by atoms with Crippen LogP contribution in [0.25, 0.3) is 0 Å². The van der Waals surface area contributed by atoms with E-state index >= 15 is 0 Å². The number of nitrogens with zero attached hydrogens (tertiary/aromatic N) is 6. The van der Waals surface area contributed by atoms with Gasteiger partial charge in [0.1, 0.15) is 0 Å². The molecule has 26 heavy (non-hydrogen) atoms. The Balaban J connectivity index is 0.00000338. The smallest absolute Gasteiger partial charge is 0.250 e. The van der Waals surface area contributed by atoms with E-state index in [1.165, 1.54) is 0 Å². The second-order valence-electron chi connectivity index (χ2n) is 5.64. The van der Waals surface area contributed by atoms with Gasteiger partial charge in [-0.1, -0.05) is 13.8 Å². The van der Waals surface area contributed by atoms with E-state index in [9.17, 15) is 0 Å². The van der Waals surface area contributed by atoms with Gasteiger partial charge in [0, 0.05) is 37.0 Å². The monoisotopic (exact) mass is 378 g/mol. The van der Waals surface area contributed by atoms with E-state index in [0.717, 1.165) is 0 Å². The Hall–Kier alpha value is -2.42. The van der Waals surface area contributed by atoms with E-state index in [4.69, 9.17) is 10.2 Å². The van der Waals surface area contributed by atoms with Crippen LogP contribution >= 0.6 is 0 Å². The number of pyridine rings is 2. The summed E-state index contributed by atoms with van der Waals surface area (Å²) in [5, 5.41) is 35.3. The van der Waals surface area contributed by atoms with Crippen LogP contribution in [0.4, 0.5) is 5.69 Å². The molecule has 0 aliphatic heterocycles. The van der Waals surface area contributed by atoms with Crippen molar-refractivity contribution in [2.75, 3.05) is 6.61 Å².